The molecule has 0 bridgehead atoms. The number of benzene rings is 2. The Labute approximate surface area is 121 Å². The zero-order valence-corrected chi connectivity index (χ0v) is 13.0. The van der Waals surface area contributed by atoms with Gasteiger partial charge in [-0.1, -0.05) is 72.3 Å². The summed E-state index contributed by atoms with van der Waals surface area (Å²) in [6.45, 7) is 4.16. The highest BCUT2D eigenvalue weighted by Gasteiger charge is 2.25. The third-order valence-electron chi connectivity index (χ3n) is 3.34. The van der Waals surface area contributed by atoms with Crippen LogP contribution in [-0.2, 0) is 4.57 Å². The van der Waals surface area contributed by atoms with E-state index in [1.54, 1.807) is 0 Å². The smallest absolute Gasteiger partial charge is 0.143 e. The van der Waals surface area contributed by atoms with Crippen LogP contribution < -0.4 is 10.6 Å². The maximum absolute atomic E-state index is 13.6. The van der Waals surface area contributed by atoms with Crippen molar-refractivity contribution < 1.29 is 4.57 Å². The minimum Gasteiger partial charge on any atom is -0.314 e. The molecule has 0 heterocycles. The van der Waals surface area contributed by atoms with Crippen molar-refractivity contribution in [2.24, 2.45) is 0 Å². The maximum atomic E-state index is 13.6. The van der Waals surface area contributed by atoms with Crippen LogP contribution in [0.5, 0.6) is 0 Å². The van der Waals surface area contributed by atoms with E-state index in [0.717, 1.165) is 17.0 Å². The molecular weight excluding hydrogens is 263 g/mol. The molecule has 2 heteroatoms. The van der Waals surface area contributed by atoms with Crippen molar-refractivity contribution in [3.63, 3.8) is 0 Å². The molecule has 0 fully saturated rings. The quantitative estimate of drug-likeness (QED) is 0.589. The highest BCUT2D eigenvalue weighted by Crippen LogP contribution is 2.43. The molecule has 0 aliphatic heterocycles. The molecule has 20 heavy (non-hydrogen) atoms. The van der Waals surface area contributed by atoms with E-state index in [9.17, 15) is 4.57 Å². The van der Waals surface area contributed by atoms with Crippen LogP contribution in [0.15, 0.2) is 72.3 Å². The molecule has 0 radical (unpaired) electrons. The standard InChI is InChI=1S/C18H21OP/c1-16(2)10-9-15-20(19,17-11-5-3-6-12-17)18-13-7-4-8-14-18/h3-8,10-14H,9,15H2,1-2H3. The van der Waals surface area contributed by atoms with E-state index in [-0.39, 0.29) is 0 Å². The predicted molar refractivity (Wildman–Crippen MR) is 88.7 cm³/mol. The third kappa shape index (κ3) is 3.49. The first-order valence-corrected chi connectivity index (χ1v) is 8.86. The van der Waals surface area contributed by atoms with E-state index in [1.165, 1.54) is 5.57 Å². The average Bonchev–Trinajstić information content (AvgIpc) is 2.48. The Morgan fingerprint density at radius 1 is 0.900 bits per heavy atom. The van der Waals surface area contributed by atoms with Crippen LogP contribution in [0.2, 0.25) is 0 Å². The number of allylic oxidation sites excluding steroid dienone is 2. The van der Waals surface area contributed by atoms with Gasteiger partial charge < -0.3 is 4.57 Å². The third-order valence-corrected chi connectivity index (χ3v) is 6.50. The lowest BCUT2D eigenvalue weighted by molar-refractivity contribution is 0.587. The Hall–Kier alpha value is -1.59. The topological polar surface area (TPSA) is 17.1 Å². The summed E-state index contributed by atoms with van der Waals surface area (Å²) in [7, 11) is -2.52. The van der Waals surface area contributed by atoms with Gasteiger partial charge in [0, 0.05) is 16.8 Å². The molecule has 2 aromatic carbocycles. The van der Waals surface area contributed by atoms with Crippen molar-refractivity contribution >= 4 is 17.8 Å². The second-order valence-electron chi connectivity index (χ2n) is 5.20. The number of rotatable bonds is 5. The fourth-order valence-electron chi connectivity index (χ4n) is 2.28. The van der Waals surface area contributed by atoms with Crippen molar-refractivity contribution in [2.45, 2.75) is 20.3 Å². The van der Waals surface area contributed by atoms with Crippen molar-refractivity contribution in [1.82, 2.24) is 0 Å². The fourth-order valence-corrected chi connectivity index (χ4v) is 4.89. The van der Waals surface area contributed by atoms with Crippen molar-refractivity contribution in [1.29, 1.82) is 0 Å². The van der Waals surface area contributed by atoms with E-state index in [1.807, 2.05) is 60.7 Å². The van der Waals surface area contributed by atoms with Crippen molar-refractivity contribution in [3.8, 4) is 0 Å². The molecule has 104 valence electrons. The van der Waals surface area contributed by atoms with Crippen LogP contribution >= 0.6 is 7.14 Å². The summed E-state index contributed by atoms with van der Waals surface area (Å²) < 4.78 is 13.6. The largest absolute Gasteiger partial charge is 0.314 e. The van der Waals surface area contributed by atoms with Crippen molar-refractivity contribution in [3.05, 3.63) is 72.3 Å². The van der Waals surface area contributed by atoms with Gasteiger partial charge in [-0.25, -0.2) is 0 Å². The lowest BCUT2D eigenvalue weighted by Gasteiger charge is -2.18. The molecule has 1 nitrogen and oxygen atoms in total. The molecule has 0 spiro atoms. The van der Waals surface area contributed by atoms with E-state index >= 15 is 0 Å². The number of hydrogen-bond acceptors (Lipinski definition) is 1. The molecule has 2 aromatic rings. The van der Waals surface area contributed by atoms with Gasteiger partial charge in [-0.3, -0.25) is 0 Å². The number of hydrogen-bond donors (Lipinski definition) is 0. The maximum Gasteiger partial charge on any atom is 0.143 e. The van der Waals surface area contributed by atoms with Gasteiger partial charge in [0.2, 0.25) is 0 Å². The summed E-state index contributed by atoms with van der Waals surface area (Å²) in [4.78, 5) is 0. The van der Waals surface area contributed by atoms with Gasteiger partial charge in [-0.2, -0.15) is 0 Å². The molecule has 0 unspecified atom stereocenters. The lowest BCUT2D eigenvalue weighted by Crippen LogP contribution is -2.18. The van der Waals surface area contributed by atoms with Gasteiger partial charge in [-0.15, -0.1) is 0 Å². The minimum atomic E-state index is -2.52. The molecule has 0 aliphatic carbocycles. The molecule has 0 atom stereocenters. The second kappa shape index (κ2) is 6.72. The van der Waals surface area contributed by atoms with Crippen molar-refractivity contribution in [2.75, 3.05) is 6.16 Å². The Bertz CT molecular complexity index is 567. The summed E-state index contributed by atoms with van der Waals surface area (Å²) in [5.41, 5.74) is 1.28. The first-order valence-electron chi connectivity index (χ1n) is 6.96. The van der Waals surface area contributed by atoms with Gasteiger partial charge in [0.15, 0.2) is 0 Å². The first kappa shape index (κ1) is 14.8. The van der Waals surface area contributed by atoms with Crippen LogP contribution in [-0.4, -0.2) is 6.16 Å². The molecule has 0 aromatic heterocycles. The van der Waals surface area contributed by atoms with E-state index in [2.05, 4.69) is 19.9 Å². The predicted octanol–water partition coefficient (Wildman–Crippen LogP) is 4.36. The summed E-state index contributed by atoms with van der Waals surface area (Å²) in [6, 6.07) is 19.7. The highest BCUT2D eigenvalue weighted by molar-refractivity contribution is 7.78. The van der Waals surface area contributed by atoms with Gasteiger partial charge in [0.25, 0.3) is 0 Å². The van der Waals surface area contributed by atoms with Gasteiger partial charge >= 0.3 is 0 Å². The van der Waals surface area contributed by atoms with Crippen LogP contribution in [0.3, 0.4) is 0 Å². The fraction of sp³-hybridized carbons (Fsp3) is 0.222. The molecule has 0 aliphatic rings. The molecular formula is C18H21OP. The summed E-state index contributed by atoms with van der Waals surface area (Å²) in [5.74, 6) is 0. The van der Waals surface area contributed by atoms with E-state index in [4.69, 9.17) is 0 Å². The first-order chi connectivity index (χ1) is 9.63. The summed E-state index contributed by atoms with van der Waals surface area (Å²) in [5, 5.41) is 1.90. The molecule has 2 rings (SSSR count). The van der Waals surface area contributed by atoms with E-state index < -0.39 is 7.14 Å². The van der Waals surface area contributed by atoms with Crippen LogP contribution in [0.1, 0.15) is 20.3 Å². The van der Waals surface area contributed by atoms with Gasteiger partial charge in [0.1, 0.15) is 7.14 Å². The molecule has 0 N–H and O–H groups in total. The van der Waals surface area contributed by atoms with E-state index in [0.29, 0.717) is 6.16 Å². The lowest BCUT2D eigenvalue weighted by atomic mass is 10.3. The van der Waals surface area contributed by atoms with Gasteiger partial charge in [0.05, 0.1) is 0 Å². The van der Waals surface area contributed by atoms with Crippen LogP contribution in [0, 0.1) is 0 Å². The summed E-state index contributed by atoms with van der Waals surface area (Å²) in [6.07, 6.45) is 3.70. The molecule has 0 saturated carbocycles. The summed E-state index contributed by atoms with van der Waals surface area (Å²) >= 11 is 0. The molecule has 0 amide bonds. The minimum absolute atomic E-state index is 0.687. The zero-order chi connectivity index (χ0) is 14.4. The van der Waals surface area contributed by atoms with Gasteiger partial charge in [-0.05, 0) is 20.3 Å². The second-order valence-corrected chi connectivity index (χ2v) is 8.16. The molecule has 0 saturated heterocycles. The Balaban J connectivity index is 2.39. The Morgan fingerprint density at radius 2 is 1.35 bits per heavy atom. The Morgan fingerprint density at radius 3 is 1.75 bits per heavy atom. The van der Waals surface area contributed by atoms with Crippen LogP contribution in [0.4, 0.5) is 0 Å². The SMILES string of the molecule is CC(C)=CCCP(=O)(c1ccccc1)c1ccccc1. The van der Waals surface area contributed by atoms with Crippen LogP contribution in [0.25, 0.3) is 0 Å². The Kier molecular flexibility index (Phi) is 4.98. The highest BCUT2D eigenvalue weighted by atomic mass is 31.2. The average molecular weight is 284 g/mol. The monoisotopic (exact) mass is 284 g/mol. The normalized spacial score (nSPS) is 11.1. The zero-order valence-electron chi connectivity index (χ0n) is 12.1.